The minimum Gasteiger partial charge on any atom is -0.469 e. The maximum atomic E-state index is 5.29. The molecule has 0 unspecified atom stereocenters. The lowest BCUT2D eigenvalue weighted by molar-refractivity contribution is 0.446. The van der Waals surface area contributed by atoms with E-state index in [0.29, 0.717) is 6.04 Å². The predicted octanol–water partition coefficient (Wildman–Crippen LogP) is 1.49. The van der Waals surface area contributed by atoms with Crippen LogP contribution in [-0.4, -0.2) is 6.54 Å². The van der Waals surface area contributed by atoms with Gasteiger partial charge in [0.15, 0.2) is 0 Å². The zero-order valence-electron chi connectivity index (χ0n) is 6.05. The van der Waals surface area contributed by atoms with Gasteiger partial charge < -0.3 is 9.73 Å². The summed E-state index contributed by atoms with van der Waals surface area (Å²) in [4.78, 5) is 0. The Bertz CT molecular complexity index is 229. The first-order chi connectivity index (χ1) is 4.88. The fourth-order valence-electron chi connectivity index (χ4n) is 1.45. The minimum atomic E-state index is 0.475. The third-order valence-electron chi connectivity index (χ3n) is 2.05. The van der Waals surface area contributed by atoms with Gasteiger partial charge in [-0.3, -0.25) is 0 Å². The standard InChI is InChI=1S/C8H11NO/c1-6-7-3-5-10-8(7)2-4-9-6/h3,5-6,9H,2,4H2,1H3/t6-/m0/s1. The minimum absolute atomic E-state index is 0.475. The van der Waals surface area contributed by atoms with Crippen molar-refractivity contribution in [3.8, 4) is 0 Å². The molecule has 1 N–H and O–H groups in total. The van der Waals surface area contributed by atoms with Crippen molar-refractivity contribution in [3.05, 3.63) is 23.7 Å². The average Bonchev–Trinajstić information content (AvgIpc) is 2.36. The topological polar surface area (TPSA) is 25.2 Å². The molecular formula is C8H11NO. The van der Waals surface area contributed by atoms with Gasteiger partial charge in [0.2, 0.25) is 0 Å². The largest absolute Gasteiger partial charge is 0.469 e. The lowest BCUT2D eigenvalue weighted by atomic mass is 10.0. The van der Waals surface area contributed by atoms with Crippen LogP contribution in [0.2, 0.25) is 0 Å². The van der Waals surface area contributed by atoms with Crippen LogP contribution in [0.15, 0.2) is 16.7 Å². The smallest absolute Gasteiger partial charge is 0.109 e. The highest BCUT2D eigenvalue weighted by Gasteiger charge is 2.17. The van der Waals surface area contributed by atoms with Crippen molar-refractivity contribution in [1.82, 2.24) is 5.32 Å². The molecule has 2 rings (SSSR count). The number of hydrogen-bond acceptors (Lipinski definition) is 2. The van der Waals surface area contributed by atoms with Gasteiger partial charge in [-0.2, -0.15) is 0 Å². The van der Waals surface area contributed by atoms with E-state index in [4.69, 9.17) is 4.42 Å². The molecule has 1 aromatic heterocycles. The Balaban J connectivity index is 2.41. The second kappa shape index (κ2) is 2.13. The Morgan fingerprint density at radius 3 is 3.40 bits per heavy atom. The van der Waals surface area contributed by atoms with E-state index in [1.165, 1.54) is 5.56 Å². The highest BCUT2D eigenvalue weighted by Crippen LogP contribution is 2.22. The lowest BCUT2D eigenvalue weighted by Gasteiger charge is -2.18. The summed E-state index contributed by atoms with van der Waals surface area (Å²) in [5.74, 6) is 1.16. The molecular weight excluding hydrogens is 126 g/mol. The van der Waals surface area contributed by atoms with Gasteiger partial charge in [-0.25, -0.2) is 0 Å². The predicted molar refractivity (Wildman–Crippen MR) is 38.8 cm³/mol. The number of hydrogen-bond donors (Lipinski definition) is 1. The Labute approximate surface area is 60.2 Å². The van der Waals surface area contributed by atoms with Crippen molar-refractivity contribution >= 4 is 0 Å². The highest BCUT2D eigenvalue weighted by atomic mass is 16.3. The van der Waals surface area contributed by atoms with Gasteiger partial charge in [0.25, 0.3) is 0 Å². The molecule has 1 aliphatic rings. The molecule has 0 radical (unpaired) electrons. The van der Waals surface area contributed by atoms with E-state index in [0.717, 1.165) is 18.7 Å². The SMILES string of the molecule is C[C@@H]1NCCc2occc21. The molecule has 0 bridgehead atoms. The number of nitrogens with one attached hydrogen (secondary N) is 1. The van der Waals surface area contributed by atoms with Crippen LogP contribution in [0, 0.1) is 0 Å². The third kappa shape index (κ3) is 0.762. The van der Waals surface area contributed by atoms with Crippen LogP contribution in [0.4, 0.5) is 0 Å². The first-order valence-corrected chi connectivity index (χ1v) is 3.67. The molecule has 2 heteroatoms. The van der Waals surface area contributed by atoms with E-state index in [1.54, 1.807) is 6.26 Å². The van der Waals surface area contributed by atoms with E-state index >= 15 is 0 Å². The second-order valence-corrected chi connectivity index (χ2v) is 2.72. The molecule has 1 aromatic rings. The summed E-state index contributed by atoms with van der Waals surface area (Å²) in [7, 11) is 0. The van der Waals surface area contributed by atoms with E-state index < -0.39 is 0 Å². The van der Waals surface area contributed by atoms with Crippen LogP contribution in [-0.2, 0) is 6.42 Å². The molecule has 2 nitrogen and oxygen atoms in total. The number of fused-ring (bicyclic) bond motifs is 1. The van der Waals surface area contributed by atoms with Crippen molar-refractivity contribution in [2.24, 2.45) is 0 Å². The van der Waals surface area contributed by atoms with E-state index in [9.17, 15) is 0 Å². The summed E-state index contributed by atoms with van der Waals surface area (Å²) < 4.78 is 5.29. The summed E-state index contributed by atoms with van der Waals surface area (Å²) >= 11 is 0. The van der Waals surface area contributed by atoms with Crippen LogP contribution in [0.5, 0.6) is 0 Å². The van der Waals surface area contributed by atoms with Crippen molar-refractivity contribution < 1.29 is 4.42 Å². The van der Waals surface area contributed by atoms with E-state index in [2.05, 4.69) is 12.2 Å². The molecule has 10 heavy (non-hydrogen) atoms. The average molecular weight is 137 g/mol. The summed E-state index contributed by atoms with van der Waals surface area (Å²) in [6, 6.07) is 2.52. The molecule has 0 saturated carbocycles. The van der Waals surface area contributed by atoms with E-state index in [-0.39, 0.29) is 0 Å². The van der Waals surface area contributed by atoms with Crippen LogP contribution in [0.1, 0.15) is 24.3 Å². The highest BCUT2D eigenvalue weighted by molar-refractivity contribution is 5.23. The molecule has 54 valence electrons. The van der Waals surface area contributed by atoms with Crippen molar-refractivity contribution in [2.75, 3.05) is 6.54 Å². The van der Waals surface area contributed by atoms with E-state index in [1.807, 2.05) is 6.07 Å². The quantitative estimate of drug-likeness (QED) is 0.586. The molecule has 0 aromatic carbocycles. The molecule has 0 aliphatic carbocycles. The zero-order chi connectivity index (χ0) is 6.97. The van der Waals surface area contributed by atoms with Gasteiger partial charge in [0.1, 0.15) is 5.76 Å². The zero-order valence-corrected chi connectivity index (χ0v) is 6.05. The Hall–Kier alpha value is -0.760. The summed E-state index contributed by atoms with van der Waals surface area (Å²) in [5.41, 5.74) is 1.33. The molecule has 2 heterocycles. The Morgan fingerprint density at radius 2 is 2.60 bits per heavy atom. The normalized spacial score (nSPS) is 24.3. The fourth-order valence-corrected chi connectivity index (χ4v) is 1.45. The van der Waals surface area contributed by atoms with Crippen LogP contribution >= 0.6 is 0 Å². The van der Waals surface area contributed by atoms with Crippen LogP contribution in [0.3, 0.4) is 0 Å². The van der Waals surface area contributed by atoms with Gasteiger partial charge in [-0.05, 0) is 13.0 Å². The van der Waals surface area contributed by atoms with Crippen molar-refractivity contribution in [3.63, 3.8) is 0 Å². The lowest BCUT2D eigenvalue weighted by Crippen LogP contribution is -2.26. The van der Waals surface area contributed by atoms with Gasteiger partial charge in [-0.1, -0.05) is 0 Å². The van der Waals surface area contributed by atoms with Crippen molar-refractivity contribution in [1.29, 1.82) is 0 Å². The monoisotopic (exact) mass is 137 g/mol. The fraction of sp³-hybridized carbons (Fsp3) is 0.500. The number of furan rings is 1. The van der Waals surface area contributed by atoms with Crippen LogP contribution < -0.4 is 5.32 Å². The molecule has 1 atom stereocenters. The summed E-state index contributed by atoms with van der Waals surface area (Å²) in [6.45, 7) is 3.20. The summed E-state index contributed by atoms with van der Waals surface area (Å²) in [5, 5.41) is 3.36. The molecule has 0 saturated heterocycles. The maximum Gasteiger partial charge on any atom is 0.109 e. The van der Waals surface area contributed by atoms with Gasteiger partial charge in [0.05, 0.1) is 6.26 Å². The first-order valence-electron chi connectivity index (χ1n) is 3.67. The van der Waals surface area contributed by atoms with Crippen molar-refractivity contribution in [2.45, 2.75) is 19.4 Å². The first kappa shape index (κ1) is 5.98. The van der Waals surface area contributed by atoms with Gasteiger partial charge in [-0.15, -0.1) is 0 Å². The Morgan fingerprint density at radius 1 is 1.70 bits per heavy atom. The maximum absolute atomic E-state index is 5.29. The molecule has 1 aliphatic heterocycles. The van der Waals surface area contributed by atoms with Gasteiger partial charge in [0, 0.05) is 24.6 Å². The Kier molecular flexibility index (Phi) is 1.27. The van der Waals surface area contributed by atoms with Crippen LogP contribution in [0.25, 0.3) is 0 Å². The van der Waals surface area contributed by atoms with Gasteiger partial charge >= 0.3 is 0 Å². The molecule has 0 spiro atoms. The summed E-state index contributed by atoms with van der Waals surface area (Å²) in [6.07, 6.45) is 2.81. The third-order valence-corrected chi connectivity index (χ3v) is 2.05. The molecule has 0 amide bonds. The second-order valence-electron chi connectivity index (χ2n) is 2.72. The number of rotatable bonds is 0. The molecule has 0 fully saturated rings.